The molecule has 0 aromatic carbocycles. The van der Waals surface area contributed by atoms with Gasteiger partial charge in [0, 0.05) is 19.7 Å². The zero-order valence-electron chi connectivity index (χ0n) is 7.71. The van der Waals surface area contributed by atoms with Crippen molar-refractivity contribution in [3.8, 4) is 0 Å². The van der Waals surface area contributed by atoms with E-state index in [0.29, 0.717) is 11.2 Å². The predicted octanol–water partition coefficient (Wildman–Crippen LogP) is 1.00. The lowest BCUT2D eigenvalue weighted by molar-refractivity contribution is -0.130. The first-order valence-electron chi connectivity index (χ1n) is 4.72. The maximum atomic E-state index is 11.3. The fourth-order valence-corrected chi connectivity index (χ4v) is 2.15. The third-order valence-corrected chi connectivity index (χ3v) is 3.00. The third-order valence-electron chi connectivity index (χ3n) is 2.52. The van der Waals surface area contributed by atoms with Gasteiger partial charge in [0.1, 0.15) is 0 Å². The first-order valence-corrected chi connectivity index (χ1v) is 5.84. The first kappa shape index (κ1) is 11.0. The Morgan fingerprint density at radius 3 is 3.00 bits per heavy atom. The molecule has 3 nitrogen and oxygen atoms in total. The van der Waals surface area contributed by atoms with Gasteiger partial charge in [-0.2, -0.15) is 0 Å². The van der Waals surface area contributed by atoms with Crippen LogP contribution in [0.25, 0.3) is 0 Å². The van der Waals surface area contributed by atoms with Crippen molar-refractivity contribution in [2.24, 2.45) is 5.92 Å². The Balaban J connectivity index is 2.37. The van der Waals surface area contributed by atoms with Crippen molar-refractivity contribution >= 4 is 21.8 Å². The van der Waals surface area contributed by atoms with Crippen molar-refractivity contribution in [2.75, 3.05) is 25.0 Å². The highest BCUT2D eigenvalue weighted by atomic mass is 79.9. The second-order valence-electron chi connectivity index (χ2n) is 3.49. The Labute approximate surface area is 87.2 Å². The summed E-state index contributed by atoms with van der Waals surface area (Å²) in [6.07, 6.45) is 3.04. The topological polar surface area (TPSA) is 40.5 Å². The monoisotopic (exact) mass is 249 g/mol. The van der Waals surface area contributed by atoms with Gasteiger partial charge in [-0.15, -0.1) is 0 Å². The third kappa shape index (κ3) is 3.27. The molecule has 0 aliphatic carbocycles. The molecule has 0 aromatic rings. The van der Waals surface area contributed by atoms with Crippen LogP contribution in [0.4, 0.5) is 0 Å². The molecular formula is C9H16BrNO2. The maximum absolute atomic E-state index is 11.3. The summed E-state index contributed by atoms with van der Waals surface area (Å²) in [5.41, 5.74) is 0. The van der Waals surface area contributed by atoms with Crippen molar-refractivity contribution < 1.29 is 9.90 Å². The van der Waals surface area contributed by atoms with E-state index in [4.69, 9.17) is 5.11 Å². The molecule has 1 saturated heterocycles. The van der Waals surface area contributed by atoms with Crippen LogP contribution in [0.3, 0.4) is 0 Å². The van der Waals surface area contributed by atoms with Crippen LogP contribution >= 0.6 is 15.9 Å². The number of aliphatic hydroxyl groups excluding tert-OH is 1. The van der Waals surface area contributed by atoms with Gasteiger partial charge >= 0.3 is 0 Å². The Morgan fingerprint density at radius 2 is 2.38 bits per heavy atom. The van der Waals surface area contributed by atoms with Gasteiger partial charge in [0.15, 0.2) is 0 Å². The number of alkyl halides is 1. The van der Waals surface area contributed by atoms with E-state index in [1.165, 1.54) is 0 Å². The van der Waals surface area contributed by atoms with E-state index < -0.39 is 0 Å². The summed E-state index contributed by atoms with van der Waals surface area (Å²) in [4.78, 5) is 13.2. The van der Waals surface area contributed by atoms with Crippen LogP contribution in [0.2, 0.25) is 0 Å². The normalized spacial score (nSPS) is 23.2. The number of carbonyl (C=O) groups excluding carboxylic acids is 1. The fraction of sp³-hybridized carbons (Fsp3) is 0.889. The van der Waals surface area contributed by atoms with Crippen molar-refractivity contribution in [1.29, 1.82) is 0 Å². The van der Waals surface area contributed by atoms with Gasteiger partial charge in [-0.1, -0.05) is 15.9 Å². The summed E-state index contributed by atoms with van der Waals surface area (Å²) in [6, 6.07) is 0. The van der Waals surface area contributed by atoms with Crippen LogP contribution in [-0.4, -0.2) is 40.9 Å². The number of likely N-dealkylation sites (tertiary alicyclic amines) is 1. The lowest BCUT2D eigenvalue weighted by Crippen LogP contribution is -2.40. The highest BCUT2D eigenvalue weighted by Gasteiger charge is 2.22. The largest absolute Gasteiger partial charge is 0.396 e. The van der Waals surface area contributed by atoms with Crippen LogP contribution in [0, 0.1) is 5.92 Å². The summed E-state index contributed by atoms with van der Waals surface area (Å²) < 4.78 is 0. The molecule has 0 bridgehead atoms. The van der Waals surface area contributed by atoms with Crippen molar-refractivity contribution in [1.82, 2.24) is 4.90 Å². The molecule has 1 fully saturated rings. The highest BCUT2D eigenvalue weighted by Crippen LogP contribution is 2.19. The van der Waals surface area contributed by atoms with E-state index in [0.717, 1.165) is 32.4 Å². The second-order valence-corrected chi connectivity index (χ2v) is 4.05. The molecule has 76 valence electrons. The molecule has 1 N–H and O–H groups in total. The fourth-order valence-electron chi connectivity index (χ4n) is 1.79. The van der Waals surface area contributed by atoms with Crippen LogP contribution in [0.1, 0.15) is 19.3 Å². The quantitative estimate of drug-likeness (QED) is 0.759. The molecular weight excluding hydrogens is 234 g/mol. The molecule has 13 heavy (non-hydrogen) atoms. The minimum absolute atomic E-state index is 0.169. The number of hydrogen-bond donors (Lipinski definition) is 1. The minimum Gasteiger partial charge on any atom is -0.396 e. The van der Waals surface area contributed by atoms with E-state index in [1.54, 1.807) is 0 Å². The van der Waals surface area contributed by atoms with Gasteiger partial charge in [0.25, 0.3) is 0 Å². The number of halogens is 1. The second kappa shape index (κ2) is 5.60. The van der Waals surface area contributed by atoms with Gasteiger partial charge in [-0.3, -0.25) is 4.79 Å². The molecule has 0 aromatic heterocycles. The molecule has 1 heterocycles. The Morgan fingerprint density at radius 1 is 1.62 bits per heavy atom. The Kier molecular flexibility index (Phi) is 4.73. The summed E-state index contributed by atoms with van der Waals surface area (Å²) in [5.74, 6) is 0.671. The summed E-state index contributed by atoms with van der Waals surface area (Å²) in [6.45, 7) is 1.94. The smallest absolute Gasteiger partial charge is 0.233 e. The molecule has 0 spiro atoms. The van der Waals surface area contributed by atoms with Crippen LogP contribution in [0.15, 0.2) is 0 Å². The number of amides is 1. The average molecular weight is 250 g/mol. The van der Waals surface area contributed by atoms with E-state index in [1.807, 2.05) is 4.90 Å². The molecule has 0 radical (unpaired) electrons. The SMILES string of the molecule is O=C(CBr)N1CCCC(CCO)C1. The molecule has 1 amide bonds. The van der Waals surface area contributed by atoms with Gasteiger partial charge in [-0.25, -0.2) is 0 Å². The van der Waals surface area contributed by atoms with Crippen LogP contribution in [-0.2, 0) is 4.79 Å². The van der Waals surface area contributed by atoms with Crippen molar-refractivity contribution in [2.45, 2.75) is 19.3 Å². The molecule has 1 aliphatic rings. The van der Waals surface area contributed by atoms with E-state index in [2.05, 4.69) is 15.9 Å². The minimum atomic E-state index is 0.169. The average Bonchev–Trinajstić information content (AvgIpc) is 2.18. The molecule has 1 aliphatic heterocycles. The summed E-state index contributed by atoms with van der Waals surface area (Å²) in [7, 11) is 0. The zero-order valence-corrected chi connectivity index (χ0v) is 9.29. The van der Waals surface area contributed by atoms with Crippen molar-refractivity contribution in [3.05, 3.63) is 0 Å². The number of nitrogens with zero attached hydrogens (tertiary/aromatic N) is 1. The maximum Gasteiger partial charge on any atom is 0.233 e. The summed E-state index contributed by atoms with van der Waals surface area (Å²) >= 11 is 3.17. The Hall–Kier alpha value is -0.0900. The molecule has 1 rings (SSSR count). The Bertz CT molecular complexity index is 173. The van der Waals surface area contributed by atoms with Crippen LogP contribution in [0.5, 0.6) is 0 Å². The first-order chi connectivity index (χ1) is 6.27. The van der Waals surface area contributed by atoms with Gasteiger partial charge in [0.05, 0.1) is 5.33 Å². The number of hydrogen-bond acceptors (Lipinski definition) is 2. The van der Waals surface area contributed by atoms with Gasteiger partial charge in [0.2, 0.25) is 5.91 Å². The van der Waals surface area contributed by atoms with E-state index in [-0.39, 0.29) is 12.5 Å². The highest BCUT2D eigenvalue weighted by molar-refractivity contribution is 9.09. The lowest BCUT2D eigenvalue weighted by Gasteiger charge is -2.32. The summed E-state index contributed by atoms with van der Waals surface area (Å²) in [5, 5.41) is 9.20. The van der Waals surface area contributed by atoms with Crippen LogP contribution < -0.4 is 0 Å². The molecule has 0 saturated carbocycles. The molecule has 1 atom stereocenters. The van der Waals surface area contributed by atoms with Gasteiger partial charge in [-0.05, 0) is 25.2 Å². The van der Waals surface area contributed by atoms with Crippen molar-refractivity contribution in [3.63, 3.8) is 0 Å². The van der Waals surface area contributed by atoms with E-state index >= 15 is 0 Å². The zero-order chi connectivity index (χ0) is 9.68. The molecule has 1 unspecified atom stereocenters. The number of rotatable bonds is 3. The number of carbonyl (C=O) groups is 1. The lowest BCUT2D eigenvalue weighted by atomic mass is 9.95. The molecule has 4 heteroatoms. The number of piperidine rings is 1. The van der Waals surface area contributed by atoms with Gasteiger partial charge < -0.3 is 10.0 Å². The number of aliphatic hydroxyl groups is 1. The predicted molar refractivity (Wildman–Crippen MR) is 54.8 cm³/mol. The van der Waals surface area contributed by atoms with E-state index in [9.17, 15) is 4.79 Å². The standard InChI is InChI=1S/C9H16BrNO2/c10-6-9(13)11-4-1-2-8(7-11)3-5-12/h8,12H,1-7H2.